The second kappa shape index (κ2) is 8.08. The van der Waals surface area contributed by atoms with E-state index in [4.69, 9.17) is 11.5 Å². The summed E-state index contributed by atoms with van der Waals surface area (Å²) < 4.78 is 0. The third kappa shape index (κ3) is 5.86. The molecule has 0 radical (unpaired) electrons. The van der Waals surface area contributed by atoms with Gasteiger partial charge in [0.15, 0.2) is 0 Å². The Morgan fingerprint density at radius 1 is 0.812 bits per heavy atom. The highest BCUT2D eigenvalue weighted by Crippen LogP contribution is 2.25. The van der Waals surface area contributed by atoms with Crippen molar-refractivity contribution in [1.82, 2.24) is 0 Å². The van der Waals surface area contributed by atoms with Gasteiger partial charge < -0.3 is 11.5 Å². The molecule has 96 valence electrons. The normalized spacial score (nSPS) is 25.7. The van der Waals surface area contributed by atoms with Crippen LogP contribution in [-0.4, -0.2) is 12.1 Å². The van der Waals surface area contributed by atoms with Crippen molar-refractivity contribution < 1.29 is 0 Å². The number of hydrogen-bond donors (Lipinski definition) is 2. The van der Waals surface area contributed by atoms with Gasteiger partial charge in [-0.1, -0.05) is 38.5 Å². The quantitative estimate of drug-likeness (QED) is 0.721. The van der Waals surface area contributed by atoms with Crippen molar-refractivity contribution in [2.75, 3.05) is 0 Å². The minimum atomic E-state index is 0.435. The number of nitrogens with two attached hydrogens (primary N) is 2. The zero-order valence-electron chi connectivity index (χ0n) is 11.0. The molecule has 4 N–H and O–H groups in total. The molecule has 2 fully saturated rings. The Morgan fingerprint density at radius 3 is 1.50 bits per heavy atom. The summed E-state index contributed by atoms with van der Waals surface area (Å²) in [5.41, 5.74) is 11.4. The summed E-state index contributed by atoms with van der Waals surface area (Å²) in [5, 5.41) is 0. The molecule has 0 amide bonds. The largest absolute Gasteiger partial charge is 0.328 e. The molecule has 2 rings (SSSR count). The Bertz CT molecular complexity index is 156. The SMILES string of the molecule is C[C@@H](N)C1CCCCC1.NC1CCCCC1. The molecule has 16 heavy (non-hydrogen) atoms. The summed E-state index contributed by atoms with van der Waals surface area (Å²) in [4.78, 5) is 0. The van der Waals surface area contributed by atoms with E-state index in [0.717, 1.165) is 5.92 Å². The standard InChI is InChI=1S/C8H17N.C6H13N/c1-7(9)8-5-3-2-4-6-8;7-6-4-2-1-3-5-6/h7-8H,2-6,9H2,1H3;6H,1-5,7H2/t7-;/m1./s1. The smallest absolute Gasteiger partial charge is 0.00388 e. The highest BCUT2D eigenvalue weighted by atomic mass is 14.6. The average Bonchev–Trinajstić information content (AvgIpc) is 2.32. The van der Waals surface area contributed by atoms with Gasteiger partial charge in [-0.05, 0) is 38.5 Å². The summed E-state index contributed by atoms with van der Waals surface area (Å²) >= 11 is 0. The van der Waals surface area contributed by atoms with Crippen LogP contribution in [0.15, 0.2) is 0 Å². The van der Waals surface area contributed by atoms with Gasteiger partial charge in [0, 0.05) is 12.1 Å². The van der Waals surface area contributed by atoms with Gasteiger partial charge >= 0.3 is 0 Å². The molecule has 2 aliphatic rings. The van der Waals surface area contributed by atoms with Crippen molar-refractivity contribution in [2.24, 2.45) is 17.4 Å². The lowest BCUT2D eigenvalue weighted by Gasteiger charge is -2.24. The second-order valence-electron chi connectivity index (χ2n) is 5.66. The highest BCUT2D eigenvalue weighted by Gasteiger charge is 2.16. The first-order valence-corrected chi connectivity index (χ1v) is 7.21. The lowest BCUT2D eigenvalue weighted by atomic mass is 9.85. The van der Waals surface area contributed by atoms with Gasteiger partial charge in [0.2, 0.25) is 0 Å². The lowest BCUT2D eigenvalue weighted by Crippen LogP contribution is -2.27. The van der Waals surface area contributed by atoms with Crippen LogP contribution in [0, 0.1) is 5.92 Å². The van der Waals surface area contributed by atoms with Crippen molar-refractivity contribution >= 4 is 0 Å². The molecule has 0 spiro atoms. The van der Waals surface area contributed by atoms with Crippen molar-refractivity contribution in [3.05, 3.63) is 0 Å². The van der Waals surface area contributed by atoms with E-state index in [1.165, 1.54) is 64.2 Å². The maximum absolute atomic E-state index is 5.77. The van der Waals surface area contributed by atoms with Crippen LogP contribution >= 0.6 is 0 Å². The fourth-order valence-electron chi connectivity index (χ4n) is 2.79. The Labute approximate surface area is 101 Å². The summed E-state index contributed by atoms with van der Waals surface area (Å²) in [7, 11) is 0. The van der Waals surface area contributed by atoms with Crippen LogP contribution in [0.4, 0.5) is 0 Å². The molecule has 0 aliphatic heterocycles. The summed E-state index contributed by atoms with van der Waals surface area (Å²) in [6.45, 7) is 2.13. The van der Waals surface area contributed by atoms with Gasteiger partial charge in [-0.2, -0.15) is 0 Å². The molecule has 2 nitrogen and oxygen atoms in total. The van der Waals surface area contributed by atoms with E-state index in [-0.39, 0.29) is 0 Å². The molecule has 2 saturated carbocycles. The zero-order chi connectivity index (χ0) is 11.8. The number of rotatable bonds is 1. The first kappa shape index (κ1) is 14.0. The summed E-state index contributed by atoms with van der Waals surface area (Å²) in [6.07, 6.45) is 13.7. The van der Waals surface area contributed by atoms with E-state index in [2.05, 4.69) is 6.92 Å². The predicted octanol–water partition coefficient (Wildman–Crippen LogP) is 3.19. The van der Waals surface area contributed by atoms with E-state index >= 15 is 0 Å². The third-order valence-corrected chi connectivity index (χ3v) is 4.04. The zero-order valence-corrected chi connectivity index (χ0v) is 11.0. The molecule has 0 aromatic heterocycles. The fourth-order valence-corrected chi connectivity index (χ4v) is 2.79. The van der Waals surface area contributed by atoms with Crippen LogP contribution in [0.25, 0.3) is 0 Å². The molecule has 0 unspecified atom stereocenters. The Kier molecular flexibility index (Phi) is 7.06. The molecule has 2 aliphatic carbocycles. The molecule has 0 bridgehead atoms. The van der Waals surface area contributed by atoms with Crippen LogP contribution in [0.2, 0.25) is 0 Å². The molecule has 0 heterocycles. The summed E-state index contributed by atoms with van der Waals surface area (Å²) in [5.74, 6) is 0.832. The molecular weight excluding hydrogens is 196 g/mol. The van der Waals surface area contributed by atoms with E-state index in [9.17, 15) is 0 Å². The topological polar surface area (TPSA) is 52.0 Å². The van der Waals surface area contributed by atoms with Crippen LogP contribution in [0.5, 0.6) is 0 Å². The van der Waals surface area contributed by atoms with E-state index in [1.807, 2.05) is 0 Å². The highest BCUT2D eigenvalue weighted by molar-refractivity contribution is 4.72. The van der Waals surface area contributed by atoms with Crippen LogP contribution in [0.3, 0.4) is 0 Å². The van der Waals surface area contributed by atoms with Crippen LogP contribution < -0.4 is 11.5 Å². The van der Waals surface area contributed by atoms with Crippen molar-refractivity contribution in [3.63, 3.8) is 0 Å². The van der Waals surface area contributed by atoms with Crippen molar-refractivity contribution in [2.45, 2.75) is 83.2 Å². The molecule has 0 aromatic carbocycles. The monoisotopic (exact) mass is 226 g/mol. The van der Waals surface area contributed by atoms with Crippen LogP contribution in [-0.2, 0) is 0 Å². The minimum absolute atomic E-state index is 0.435. The first-order valence-electron chi connectivity index (χ1n) is 7.21. The van der Waals surface area contributed by atoms with Gasteiger partial charge in [0.05, 0.1) is 0 Å². The van der Waals surface area contributed by atoms with Crippen molar-refractivity contribution in [1.29, 1.82) is 0 Å². The molecule has 0 aromatic rings. The van der Waals surface area contributed by atoms with Crippen molar-refractivity contribution in [3.8, 4) is 0 Å². The molecule has 1 atom stereocenters. The van der Waals surface area contributed by atoms with E-state index < -0.39 is 0 Å². The lowest BCUT2D eigenvalue weighted by molar-refractivity contribution is 0.316. The van der Waals surface area contributed by atoms with E-state index in [1.54, 1.807) is 0 Å². The van der Waals surface area contributed by atoms with Gasteiger partial charge in [0.25, 0.3) is 0 Å². The average molecular weight is 226 g/mol. The maximum atomic E-state index is 5.77. The third-order valence-electron chi connectivity index (χ3n) is 4.04. The Morgan fingerprint density at radius 2 is 1.25 bits per heavy atom. The van der Waals surface area contributed by atoms with Gasteiger partial charge in [-0.3, -0.25) is 0 Å². The predicted molar refractivity (Wildman–Crippen MR) is 71.3 cm³/mol. The molecule has 2 heteroatoms. The molecule has 0 saturated heterocycles. The fraction of sp³-hybridized carbons (Fsp3) is 1.00. The second-order valence-corrected chi connectivity index (χ2v) is 5.66. The van der Waals surface area contributed by atoms with E-state index in [0.29, 0.717) is 12.1 Å². The Hall–Kier alpha value is -0.0800. The van der Waals surface area contributed by atoms with Gasteiger partial charge in [-0.15, -0.1) is 0 Å². The summed E-state index contributed by atoms with van der Waals surface area (Å²) in [6, 6.07) is 0.971. The first-order chi connectivity index (χ1) is 7.70. The van der Waals surface area contributed by atoms with Gasteiger partial charge in [0.1, 0.15) is 0 Å². The Balaban J connectivity index is 0.000000165. The van der Waals surface area contributed by atoms with Gasteiger partial charge in [-0.25, -0.2) is 0 Å². The molecular formula is C14H30N2. The van der Waals surface area contributed by atoms with Crippen LogP contribution in [0.1, 0.15) is 71.1 Å². The minimum Gasteiger partial charge on any atom is -0.328 e. The maximum Gasteiger partial charge on any atom is 0.00388 e. The number of hydrogen-bond acceptors (Lipinski definition) is 2.